The number of aromatic hydroxyl groups is 1. The third kappa shape index (κ3) is 3.69. The molecule has 1 aromatic rings. The summed E-state index contributed by atoms with van der Waals surface area (Å²) in [6, 6.07) is 5.87. The van der Waals surface area contributed by atoms with E-state index in [0.29, 0.717) is 25.0 Å². The maximum atomic E-state index is 13.6. The summed E-state index contributed by atoms with van der Waals surface area (Å²) in [5.41, 5.74) is 2.02. The monoisotopic (exact) mass is 447 g/mol. The summed E-state index contributed by atoms with van der Waals surface area (Å²) in [5.74, 6) is 1.01. The summed E-state index contributed by atoms with van der Waals surface area (Å²) in [4.78, 5) is 15.7. The third-order valence-electron chi connectivity index (χ3n) is 8.81. The van der Waals surface area contributed by atoms with Crippen molar-refractivity contribution in [2.45, 2.75) is 77.7 Å². The molecule has 3 aliphatic rings. The van der Waals surface area contributed by atoms with Gasteiger partial charge in [-0.25, -0.2) is 8.42 Å². The molecule has 1 heterocycles. The molecule has 2 aliphatic carbocycles. The largest absolute Gasteiger partial charge is 0.508 e. The number of hydrogen-bond acceptors (Lipinski definition) is 4. The molecule has 1 unspecified atom stereocenters. The van der Waals surface area contributed by atoms with Gasteiger partial charge < -0.3 is 10.0 Å². The number of sulfone groups is 1. The number of carbonyl (C=O) groups excluding carboxylic acids is 1. The third-order valence-corrected chi connectivity index (χ3v) is 10.8. The maximum Gasteiger partial charge on any atom is 0.225 e. The van der Waals surface area contributed by atoms with Crippen molar-refractivity contribution in [2.75, 3.05) is 18.1 Å². The van der Waals surface area contributed by atoms with Crippen LogP contribution in [0.4, 0.5) is 0 Å². The van der Waals surface area contributed by atoms with Crippen molar-refractivity contribution in [3.05, 3.63) is 29.3 Å². The van der Waals surface area contributed by atoms with Crippen LogP contribution in [0.2, 0.25) is 0 Å². The van der Waals surface area contributed by atoms with E-state index in [1.165, 1.54) is 5.56 Å². The standard InChI is InChI=1S/C25H37NO4S/c1-5-13-31(29,30)16-17-9-10-18(14-17)23(28)26-12-11-25(4)20-7-6-8-21(27)19(20)15-22(26)24(25,2)3/h6-8,17-18,22,27H,5,9-16H2,1-4H3/t17?,18-,22+,25+/m1/s1. The van der Waals surface area contributed by atoms with Crippen LogP contribution in [-0.4, -0.2) is 48.4 Å². The first-order valence-corrected chi connectivity index (χ1v) is 13.6. The number of fused-ring (bicyclic) bond motifs is 4. The lowest BCUT2D eigenvalue weighted by Gasteiger charge is -2.61. The summed E-state index contributed by atoms with van der Waals surface area (Å²) in [5, 5.41) is 10.6. The Balaban J connectivity index is 1.54. The normalized spacial score (nSPS) is 32.0. The molecular formula is C25H37NO4S. The molecule has 0 spiro atoms. The van der Waals surface area contributed by atoms with Gasteiger partial charge in [0.1, 0.15) is 5.75 Å². The first-order chi connectivity index (χ1) is 14.5. The molecule has 2 bridgehead atoms. The number of phenolic OH excluding ortho intramolecular Hbond substituents is 1. The van der Waals surface area contributed by atoms with Gasteiger partial charge in [0.15, 0.2) is 9.84 Å². The van der Waals surface area contributed by atoms with Crippen LogP contribution in [0, 0.1) is 17.3 Å². The SMILES string of the molecule is CCCS(=O)(=O)CC1CC[C@@H](C(=O)N2CC[C@@]3(C)c4cccc(O)c4C[C@H]2C3(C)C)C1. The Kier molecular flexibility index (Phi) is 5.68. The molecule has 0 radical (unpaired) electrons. The molecule has 4 atom stereocenters. The molecule has 1 N–H and O–H groups in total. The van der Waals surface area contributed by atoms with E-state index in [1.807, 2.05) is 13.0 Å². The molecule has 1 saturated heterocycles. The number of hydrogen-bond donors (Lipinski definition) is 1. The Hall–Kier alpha value is -1.56. The van der Waals surface area contributed by atoms with Crippen LogP contribution >= 0.6 is 0 Å². The second-order valence-electron chi connectivity index (χ2n) is 10.8. The maximum absolute atomic E-state index is 13.6. The number of rotatable bonds is 5. The van der Waals surface area contributed by atoms with Crippen molar-refractivity contribution in [2.24, 2.45) is 17.3 Å². The number of phenols is 1. The topological polar surface area (TPSA) is 74.7 Å². The van der Waals surface area contributed by atoms with Gasteiger partial charge in [0.05, 0.1) is 5.75 Å². The van der Waals surface area contributed by atoms with E-state index in [9.17, 15) is 18.3 Å². The molecule has 31 heavy (non-hydrogen) atoms. The molecular weight excluding hydrogens is 410 g/mol. The average Bonchev–Trinajstić information content (AvgIpc) is 3.12. The highest BCUT2D eigenvalue weighted by molar-refractivity contribution is 7.91. The van der Waals surface area contributed by atoms with Crippen molar-refractivity contribution in [1.29, 1.82) is 0 Å². The van der Waals surface area contributed by atoms with Gasteiger partial charge in [-0.3, -0.25) is 4.79 Å². The number of amides is 1. The van der Waals surface area contributed by atoms with E-state index in [1.54, 1.807) is 6.07 Å². The van der Waals surface area contributed by atoms with Crippen LogP contribution in [0.15, 0.2) is 18.2 Å². The number of likely N-dealkylation sites (tertiary alicyclic amines) is 1. The zero-order valence-electron chi connectivity index (χ0n) is 19.4. The first kappa shape index (κ1) is 22.6. The van der Waals surface area contributed by atoms with Gasteiger partial charge in [0.2, 0.25) is 5.91 Å². The van der Waals surface area contributed by atoms with Gasteiger partial charge in [0.25, 0.3) is 0 Å². The lowest BCUT2D eigenvalue weighted by molar-refractivity contribution is -0.148. The van der Waals surface area contributed by atoms with Gasteiger partial charge in [0, 0.05) is 29.7 Å². The summed E-state index contributed by atoms with van der Waals surface area (Å²) >= 11 is 0. The zero-order chi connectivity index (χ0) is 22.6. The quantitative estimate of drug-likeness (QED) is 0.738. The number of carbonyl (C=O) groups is 1. The van der Waals surface area contributed by atoms with Crippen molar-refractivity contribution < 1.29 is 18.3 Å². The Labute approximate surface area is 187 Å². The van der Waals surface area contributed by atoms with E-state index < -0.39 is 9.84 Å². The Bertz CT molecular complexity index is 970. The number of nitrogens with zero attached hydrogens (tertiary/aromatic N) is 1. The van der Waals surface area contributed by atoms with Crippen LogP contribution in [0.5, 0.6) is 5.75 Å². The highest BCUT2D eigenvalue weighted by Gasteiger charge is 2.57. The second kappa shape index (κ2) is 7.79. The molecule has 1 amide bonds. The van der Waals surface area contributed by atoms with Gasteiger partial charge in [-0.15, -0.1) is 0 Å². The highest BCUT2D eigenvalue weighted by atomic mass is 32.2. The molecule has 2 fully saturated rings. The van der Waals surface area contributed by atoms with E-state index in [2.05, 4.69) is 31.7 Å². The zero-order valence-corrected chi connectivity index (χ0v) is 20.2. The van der Waals surface area contributed by atoms with E-state index in [0.717, 1.165) is 31.4 Å². The molecule has 0 aromatic heterocycles. The lowest BCUT2D eigenvalue weighted by Crippen LogP contribution is -2.65. The molecule has 5 nitrogen and oxygen atoms in total. The molecule has 4 rings (SSSR count). The minimum atomic E-state index is -3.02. The average molecular weight is 448 g/mol. The van der Waals surface area contributed by atoms with Crippen molar-refractivity contribution in [1.82, 2.24) is 4.90 Å². The van der Waals surface area contributed by atoms with Gasteiger partial charge in [-0.05, 0) is 67.1 Å². The Morgan fingerprint density at radius 2 is 1.97 bits per heavy atom. The molecule has 1 aliphatic heterocycles. The van der Waals surface area contributed by atoms with Crippen molar-refractivity contribution in [3.8, 4) is 5.75 Å². The van der Waals surface area contributed by atoms with Crippen LogP contribution in [0.25, 0.3) is 0 Å². The van der Waals surface area contributed by atoms with Gasteiger partial charge >= 0.3 is 0 Å². The summed E-state index contributed by atoms with van der Waals surface area (Å²) < 4.78 is 24.5. The van der Waals surface area contributed by atoms with E-state index >= 15 is 0 Å². The minimum Gasteiger partial charge on any atom is -0.508 e. The smallest absolute Gasteiger partial charge is 0.225 e. The fourth-order valence-electron chi connectivity index (χ4n) is 6.63. The first-order valence-electron chi connectivity index (χ1n) is 11.8. The highest BCUT2D eigenvalue weighted by Crippen LogP contribution is 2.57. The summed E-state index contributed by atoms with van der Waals surface area (Å²) in [6.07, 6.45) is 4.49. The second-order valence-corrected chi connectivity index (χ2v) is 13.1. The van der Waals surface area contributed by atoms with Crippen LogP contribution in [0.3, 0.4) is 0 Å². The summed E-state index contributed by atoms with van der Waals surface area (Å²) in [6.45, 7) is 9.43. The number of piperidine rings is 1. The minimum absolute atomic E-state index is 0.0439. The van der Waals surface area contributed by atoms with Crippen molar-refractivity contribution >= 4 is 15.7 Å². The molecule has 6 heteroatoms. The fourth-order valence-corrected chi connectivity index (χ4v) is 8.44. The molecule has 172 valence electrons. The van der Waals surface area contributed by atoms with Gasteiger partial charge in [-0.2, -0.15) is 0 Å². The predicted octanol–water partition coefficient (Wildman–Crippen LogP) is 4.07. The fraction of sp³-hybridized carbons (Fsp3) is 0.720. The van der Waals surface area contributed by atoms with Crippen LogP contribution < -0.4 is 0 Å². The molecule has 1 saturated carbocycles. The van der Waals surface area contributed by atoms with Gasteiger partial charge in [-0.1, -0.05) is 39.8 Å². The van der Waals surface area contributed by atoms with E-state index in [-0.39, 0.29) is 46.1 Å². The van der Waals surface area contributed by atoms with Crippen molar-refractivity contribution in [3.63, 3.8) is 0 Å². The van der Waals surface area contributed by atoms with E-state index in [4.69, 9.17) is 0 Å². The Morgan fingerprint density at radius 1 is 1.23 bits per heavy atom. The summed E-state index contributed by atoms with van der Waals surface area (Å²) in [7, 11) is -3.02. The molecule has 1 aromatic carbocycles. The lowest BCUT2D eigenvalue weighted by atomic mass is 9.51. The Morgan fingerprint density at radius 3 is 2.68 bits per heavy atom. The van der Waals surface area contributed by atoms with Crippen LogP contribution in [0.1, 0.15) is 70.9 Å². The predicted molar refractivity (Wildman–Crippen MR) is 123 cm³/mol. The number of benzene rings is 1. The van der Waals surface area contributed by atoms with Crippen LogP contribution in [-0.2, 0) is 26.5 Å².